The fourth-order valence-corrected chi connectivity index (χ4v) is 8.66. The minimum absolute atomic E-state index is 0.113. The van der Waals surface area contributed by atoms with Crippen LogP contribution in [0.1, 0.15) is 55.4 Å². The second-order valence-corrected chi connectivity index (χ2v) is 14.7. The summed E-state index contributed by atoms with van der Waals surface area (Å²) in [5.74, 6) is -3.47. The third kappa shape index (κ3) is 7.50. The average molecular weight is 734 g/mol. The molecule has 3 fully saturated rings. The molecule has 0 aliphatic carbocycles. The lowest BCUT2D eigenvalue weighted by atomic mass is 9.70. The number of likely N-dealkylation sites (tertiary alicyclic amines) is 1. The molecule has 0 unspecified atom stereocenters. The van der Waals surface area contributed by atoms with Crippen molar-refractivity contribution in [2.45, 2.75) is 81.5 Å². The van der Waals surface area contributed by atoms with Crippen LogP contribution in [0.2, 0.25) is 0 Å². The number of carbonyl (C=O) groups is 4. The van der Waals surface area contributed by atoms with Gasteiger partial charge in [0.05, 0.1) is 36.6 Å². The highest BCUT2D eigenvalue weighted by atomic mass is 16.6. The molecule has 3 heterocycles. The van der Waals surface area contributed by atoms with Crippen LogP contribution >= 0.6 is 0 Å². The Balaban J connectivity index is 1.36. The lowest BCUT2D eigenvalue weighted by Crippen LogP contribution is -2.59. The predicted octanol–water partition coefficient (Wildman–Crippen LogP) is 5.28. The monoisotopic (exact) mass is 733 g/mol. The second-order valence-electron chi connectivity index (χ2n) is 14.7. The molecular weight excluding hydrogens is 682 g/mol. The van der Waals surface area contributed by atoms with E-state index in [-0.39, 0.29) is 31.3 Å². The van der Waals surface area contributed by atoms with Gasteiger partial charge in [0.25, 0.3) is 0 Å². The Labute approximate surface area is 318 Å². The number of carbonyl (C=O) groups excluding carboxylic acids is 4. The zero-order valence-corrected chi connectivity index (χ0v) is 31.2. The van der Waals surface area contributed by atoms with Gasteiger partial charge in [-0.3, -0.25) is 19.2 Å². The fraction of sp³-hybridized carbons (Fsp3) is 0.409. The first-order valence-electron chi connectivity index (χ1n) is 18.9. The van der Waals surface area contributed by atoms with Gasteiger partial charge >= 0.3 is 5.97 Å². The summed E-state index contributed by atoms with van der Waals surface area (Å²) in [5, 5.41) is 10.9. The molecule has 3 aromatic rings. The van der Waals surface area contributed by atoms with E-state index in [0.717, 1.165) is 11.1 Å². The van der Waals surface area contributed by atoms with E-state index in [1.807, 2.05) is 97.9 Å². The molecule has 3 saturated heterocycles. The quantitative estimate of drug-likeness (QED) is 0.148. The van der Waals surface area contributed by atoms with Crippen molar-refractivity contribution in [2.24, 2.45) is 11.8 Å². The van der Waals surface area contributed by atoms with Gasteiger partial charge in [-0.15, -0.1) is 13.2 Å². The van der Waals surface area contributed by atoms with Crippen molar-refractivity contribution in [1.82, 2.24) is 14.7 Å². The molecule has 8 atom stereocenters. The van der Waals surface area contributed by atoms with Crippen LogP contribution in [0.15, 0.2) is 116 Å². The van der Waals surface area contributed by atoms with E-state index in [2.05, 4.69) is 13.2 Å². The van der Waals surface area contributed by atoms with Crippen LogP contribution in [0, 0.1) is 11.8 Å². The number of allylic oxidation sites excluding steroid dienone is 1. The minimum atomic E-state index is -1.31. The van der Waals surface area contributed by atoms with E-state index in [1.54, 1.807) is 29.0 Å². The fourth-order valence-electron chi connectivity index (χ4n) is 8.66. The standard InChI is InChI=1S/C44H51N3O7/c1-5-7-23-36(49)45(4)30(3)39(33-21-15-10-16-22-33)53-43(52)37-35-24-25-44(54-35)38(37)41(50)47(34(29-48)27-31-17-11-8-12-18-31)40(44)42(51)46(26-6-2)28-32-19-13-9-14-20-32/h5-6,8-22,30,34-35,37-40,48H,1-2,7,23-29H2,3-4H3/t30-,34-,35-,37+,38+,39+,40-,44+/m1/s1. The molecule has 10 nitrogen and oxygen atoms in total. The summed E-state index contributed by atoms with van der Waals surface area (Å²) >= 11 is 0. The Kier molecular flexibility index (Phi) is 12.1. The smallest absolute Gasteiger partial charge is 0.313 e. The number of aliphatic hydroxyl groups excluding tert-OH is 1. The van der Waals surface area contributed by atoms with E-state index in [9.17, 15) is 24.3 Å². The van der Waals surface area contributed by atoms with Gasteiger partial charge in [0.2, 0.25) is 17.7 Å². The summed E-state index contributed by atoms with van der Waals surface area (Å²) < 4.78 is 13.1. The molecule has 10 heteroatoms. The maximum absolute atomic E-state index is 15.0. The van der Waals surface area contributed by atoms with Crippen molar-refractivity contribution in [3.8, 4) is 0 Å². The van der Waals surface area contributed by atoms with Gasteiger partial charge in [-0.05, 0) is 49.3 Å². The Hall–Kier alpha value is -5.06. The largest absolute Gasteiger partial charge is 0.455 e. The first-order valence-corrected chi connectivity index (χ1v) is 18.9. The molecule has 3 aliphatic heterocycles. The number of ether oxygens (including phenoxy) is 2. The summed E-state index contributed by atoms with van der Waals surface area (Å²) in [5.41, 5.74) is 1.20. The summed E-state index contributed by atoms with van der Waals surface area (Å²) in [6.45, 7) is 9.57. The number of fused-ring (bicyclic) bond motifs is 1. The summed E-state index contributed by atoms with van der Waals surface area (Å²) in [6, 6.07) is 26.0. The minimum Gasteiger partial charge on any atom is -0.455 e. The van der Waals surface area contributed by atoms with Gasteiger partial charge in [-0.25, -0.2) is 0 Å². The Bertz CT molecular complexity index is 1800. The van der Waals surface area contributed by atoms with Crippen LogP contribution in [0.4, 0.5) is 0 Å². The van der Waals surface area contributed by atoms with Gasteiger partial charge in [-0.2, -0.15) is 0 Å². The van der Waals surface area contributed by atoms with Crippen molar-refractivity contribution >= 4 is 23.7 Å². The van der Waals surface area contributed by atoms with Crippen molar-refractivity contribution in [3.05, 3.63) is 133 Å². The van der Waals surface area contributed by atoms with Crippen molar-refractivity contribution < 1.29 is 33.8 Å². The van der Waals surface area contributed by atoms with Gasteiger partial charge in [0.1, 0.15) is 17.7 Å². The molecule has 54 heavy (non-hydrogen) atoms. The topological polar surface area (TPSA) is 117 Å². The van der Waals surface area contributed by atoms with Gasteiger partial charge in [0, 0.05) is 26.6 Å². The molecule has 1 N–H and O–H groups in total. The van der Waals surface area contributed by atoms with Crippen molar-refractivity contribution in [1.29, 1.82) is 0 Å². The maximum Gasteiger partial charge on any atom is 0.313 e. The van der Waals surface area contributed by atoms with Crippen LogP contribution in [0.3, 0.4) is 0 Å². The van der Waals surface area contributed by atoms with Crippen LogP contribution < -0.4 is 0 Å². The number of amides is 3. The average Bonchev–Trinajstić information content (AvgIpc) is 3.85. The molecular formula is C44H51N3O7. The van der Waals surface area contributed by atoms with Gasteiger partial charge in [-0.1, -0.05) is 103 Å². The van der Waals surface area contributed by atoms with Crippen molar-refractivity contribution in [2.75, 3.05) is 20.2 Å². The lowest BCUT2D eigenvalue weighted by molar-refractivity contribution is -0.165. The third-order valence-electron chi connectivity index (χ3n) is 11.4. The summed E-state index contributed by atoms with van der Waals surface area (Å²) in [7, 11) is 1.69. The molecule has 2 bridgehead atoms. The highest BCUT2D eigenvalue weighted by Crippen LogP contribution is 2.59. The number of aliphatic hydroxyl groups is 1. The predicted molar refractivity (Wildman–Crippen MR) is 204 cm³/mol. The number of nitrogens with zero attached hydrogens (tertiary/aromatic N) is 3. The van der Waals surface area contributed by atoms with E-state index in [4.69, 9.17) is 9.47 Å². The number of benzene rings is 3. The highest BCUT2D eigenvalue weighted by Gasteiger charge is 2.75. The zero-order valence-electron chi connectivity index (χ0n) is 31.2. The van der Waals surface area contributed by atoms with E-state index >= 15 is 0 Å². The number of rotatable bonds is 17. The first kappa shape index (κ1) is 38.7. The van der Waals surface area contributed by atoms with E-state index in [1.165, 1.54) is 4.90 Å². The van der Waals surface area contributed by atoms with Crippen LogP contribution in [0.25, 0.3) is 0 Å². The van der Waals surface area contributed by atoms with Crippen LogP contribution in [0.5, 0.6) is 0 Å². The SMILES string of the molecule is C=CCCC(=O)N(C)[C@H](C)[C@H](OC(=O)[C@@H]1[C@H]2C(=O)N([C@@H](CO)Cc3ccccc3)[C@H](C(=O)N(CC=C)Cc3ccccc3)[C@]23CC[C@H]1O3)c1ccccc1. The molecule has 1 spiro atoms. The van der Waals surface area contributed by atoms with Crippen molar-refractivity contribution in [3.63, 3.8) is 0 Å². The Morgan fingerprint density at radius 3 is 2.22 bits per heavy atom. The van der Waals surface area contributed by atoms with Gasteiger partial charge < -0.3 is 29.3 Å². The normalized spacial score (nSPS) is 24.3. The molecule has 3 aromatic carbocycles. The lowest BCUT2D eigenvalue weighted by Gasteiger charge is -2.39. The summed E-state index contributed by atoms with van der Waals surface area (Å²) in [6.07, 6.45) is 3.79. The number of hydrogen-bond acceptors (Lipinski definition) is 7. The van der Waals surface area contributed by atoms with E-state index in [0.29, 0.717) is 31.2 Å². The Morgan fingerprint density at radius 1 is 0.981 bits per heavy atom. The molecule has 0 saturated carbocycles. The number of hydrogen-bond donors (Lipinski definition) is 1. The third-order valence-corrected chi connectivity index (χ3v) is 11.4. The molecule has 6 rings (SSSR count). The number of likely N-dealkylation sites (N-methyl/N-ethyl adjacent to an activating group) is 1. The van der Waals surface area contributed by atoms with Crippen LogP contribution in [-0.2, 0) is 41.6 Å². The zero-order chi connectivity index (χ0) is 38.4. The van der Waals surface area contributed by atoms with Gasteiger partial charge in [0.15, 0.2) is 0 Å². The maximum atomic E-state index is 15.0. The first-order chi connectivity index (χ1) is 26.1. The molecule has 3 aliphatic rings. The molecule has 3 amide bonds. The Morgan fingerprint density at radius 2 is 1.61 bits per heavy atom. The van der Waals surface area contributed by atoms with Crippen LogP contribution in [-0.4, -0.2) is 93.5 Å². The number of esters is 1. The molecule has 0 radical (unpaired) electrons. The molecule has 284 valence electrons. The highest BCUT2D eigenvalue weighted by molar-refractivity contribution is 5.98. The van der Waals surface area contributed by atoms with E-state index < -0.39 is 66.3 Å². The second kappa shape index (κ2) is 17.0. The summed E-state index contributed by atoms with van der Waals surface area (Å²) in [4.78, 5) is 62.5. The molecule has 0 aromatic heterocycles.